The average Bonchev–Trinajstić information content (AvgIpc) is 2.57. The summed E-state index contributed by atoms with van der Waals surface area (Å²) in [5.41, 5.74) is 0. The lowest BCUT2D eigenvalue weighted by Gasteiger charge is -2.44. The van der Waals surface area contributed by atoms with Gasteiger partial charge in [0, 0.05) is 27.7 Å². The molecule has 1 rings (SSSR count). The van der Waals surface area contributed by atoms with Crippen LogP contribution in [-0.4, -0.2) is 67.7 Å². The summed E-state index contributed by atoms with van der Waals surface area (Å²) in [5, 5.41) is 3.10. The van der Waals surface area contributed by atoms with E-state index in [4.69, 9.17) is 23.7 Å². The minimum atomic E-state index is -1.14. The molecule has 0 aromatic heterocycles. The molecule has 1 aliphatic rings. The maximum Gasteiger partial charge on any atom is 0.303 e. The van der Waals surface area contributed by atoms with Crippen molar-refractivity contribution in [3.8, 4) is 0 Å². The minimum Gasteiger partial charge on any atom is -0.463 e. The van der Waals surface area contributed by atoms with Gasteiger partial charge in [-0.15, -0.1) is 0 Å². The summed E-state index contributed by atoms with van der Waals surface area (Å²) < 4.78 is 26.8. The number of ether oxygens (including phenoxy) is 5. The number of rotatable bonds is 9. The van der Waals surface area contributed by atoms with E-state index in [9.17, 15) is 19.2 Å². The summed E-state index contributed by atoms with van der Waals surface area (Å²) in [6, 6.07) is 0. The van der Waals surface area contributed by atoms with Crippen molar-refractivity contribution in [3.05, 3.63) is 0 Å². The first-order valence-corrected chi connectivity index (χ1v) is 9.19. The lowest BCUT2D eigenvalue weighted by molar-refractivity contribution is -0.257. The molecule has 1 heterocycles. The molecule has 28 heavy (non-hydrogen) atoms. The zero-order valence-corrected chi connectivity index (χ0v) is 16.9. The monoisotopic (exact) mass is 403 g/mol. The fourth-order valence-corrected chi connectivity index (χ4v) is 2.81. The molecule has 5 atom stereocenters. The van der Waals surface area contributed by atoms with E-state index in [-0.39, 0.29) is 6.61 Å². The number of unbranched alkanes of at least 4 members (excludes halogenated alkanes) is 1. The Bertz CT molecular complexity index is 565. The Morgan fingerprint density at radius 1 is 0.821 bits per heavy atom. The average molecular weight is 403 g/mol. The molecule has 0 aliphatic carbocycles. The van der Waals surface area contributed by atoms with Crippen LogP contribution in [0.2, 0.25) is 0 Å². The highest BCUT2D eigenvalue weighted by Crippen LogP contribution is 2.28. The second-order valence-corrected chi connectivity index (χ2v) is 6.43. The Morgan fingerprint density at radius 2 is 1.36 bits per heavy atom. The summed E-state index contributed by atoms with van der Waals surface area (Å²) in [5.74, 6) is -2.47. The smallest absolute Gasteiger partial charge is 0.303 e. The Hall–Kier alpha value is -2.20. The van der Waals surface area contributed by atoms with Crippen LogP contribution in [-0.2, 0) is 42.9 Å². The van der Waals surface area contributed by atoms with Gasteiger partial charge in [-0.2, -0.15) is 0 Å². The van der Waals surface area contributed by atoms with Crippen LogP contribution in [0.3, 0.4) is 0 Å². The van der Waals surface area contributed by atoms with Gasteiger partial charge in [0.25, 0.3) is 0 Å². The van der Waals surface area contributed by atoms with Crippen LogP contribution in [0.4, 0.5) is 0 Å². The molecule has 0 aromatic carbocycles. The van der Waals surface area contributed by atoms with Crippen LogP contribution in [0.5, 0.6) is 0 Å². The summed E-state index contributed by atoms with van der Waals surface area (Å²) in [6.07, 6.45) is -3.37. The highest BCUT2D eigenvalue weighted by molar-refractivity contribution is 5.68. The van der Waals surface area contributed by atoms with Crippen molar-refractivity contribution >= 4 is 23.9 Å². The third kappa shape index (κ3) is 7.81. The highest BCUT2D eigenvalue weighted by Gasteiger charge is 2.51. The Morgan fingerprint density at radius 3 is 1.86 bits per heavy atom. The molecule has 10 nitrogen and oxygen atoms in total. The van der Waals surface area contributed by atoms with Crippen LogP contribution in [0.15, 0.2) is 0 Å². The standard InChI is InChI=1S/C18H29NO9/c1-6-7-8-19-18-17(27-13(5)23)16(26-12(4)22)15(25-11(3)21)14(28-18)9-24-10(2)20/h14-19H,6-9H2,1-5H3/t14-,15-,16+,17-,18+/m1/s1. The molecule has 0 bridgehead atoms. The Labute approximate surface area is 164 Å². The number of carbonyl (C=O) groups is 4. The predicted octanol–water partition coefficient (Wildman–Crippen LogP) is 0.459. The van der Waals surface area contributed by atoms with Gasteiger partial charge in [-0.1, -0.05) is 13.3 Å². The molecule has 0 unspecified atom stereocenters. The van der Waals surface area contributed by atoms with E-state index in [1.165, 1.54) is 27.7 Å². The van der Waals surface area contributed by atoms with Crippen LogP contribution in [0, 0.1) is 0 Å². The van der Waals surface area contributed by atoms with Crippen LogP contribution >= 0.6 is 0 Å². The van der Waals surface area contributed by atoms with Gasteiger partial charge in [0.15, 0.2) is 18.3 Å². The van der Waals surface area contributed by atoms with Crippen molar-refractivity contribution in [3.63, 3.8) is 0 Å². The van der Waals surface area contributed by atoms with Gasteiger partial charge in [0.1, 0.15) is 18.9 Å². The predicted molar refractivity (Wildman–Crippen MR) is 94.9 cm³/mol. The van der Waals surface area contributed by atoms with Crippen molar-refractivity contribution in [2.75, 3.05) is 13.2 Å². The van der Waals surface area contributed by atoms with Gasteiger partial charge in [-0.25, -0.2) is 0 Å². The molecule has 0 radical (unpaired) electrons. The molecular formula is C18H29NO9. The summed E-state index contributed by atoms with van der Waals surface area (Å²) >= 11 is 0. The van der Waals surface area contributed by atoms with Crippen LogP contribution in [0.1, 0.15) is 47.5 Å². The summed E-state index contributed by atoms with van der Waals surface area (Å²) in [6.45, 7) is 7.13. The molecule has 1 saturated heterocycles. The van der Waals surface area contributed by atoms with E-state index in [2.05, 4.69) is 5.32 Å². The zero-order chi connectivity index (χ0) is 21.3. The first-order chi connectivity index (χ1) is 13.1. The number of esters is 4. The van der Waals surface area contributed by atoms with Gasteiger partial charge < -0.3 is 23.7 Å². The molecule has 0 aromatic rings. The van der Waals surface area contributed by atoms with Crippen molar-refractivity contribution < 1.29 is 42.9 Å². The molecule has 10 heteroatoms. The summed E-state index contributed by atoms with van der Waals surface area (Å²) in [7, 11) is 0. The van der Waals surface area contributed by atoms with E-state index in [0.717, 1.165) is 12.8 Å². The second-order valence-electron chi connectivity index (χ2n) is 6.43. The first kappa shape index (κ1) is 23.8. The molecule has 1 aliphatic heterocycles. The largest absolute Gasteiger partial charge is 0.463 e. The minimum absolute atomic E-state index is 0.232. The highest BCUT2D eigenvalue weighted by atomic mass is 16.7. The molecule has 1 N–H and O–H groups in total. The summed E-state index contributed by atoms with van der Waals surface area (Å²) in [4.78, 5) is 46.1. The molecule has 0 spiro atoms. The maximum absolute atomic E-state index is 11.7. The third-order valence-electron chi connectivity index (χ3n) is 3.87. The van der Waals surface area contributed by atoms with E-state index in [1.807, 2.05) is 6.92 Å². The quantitative estimate of drug-likeness (QED) is 0.329. The maximum atomic E-state index is 11.7. The lowest BCUT2D eigenvalue weighted by Crippen LogP contribution is -2.65. The van der Waals surface area contributed by atoms with Crippen LogP contribution < -0.4 is 5.32 Å². The normalized spacial score (nSPS) is 26.8. The number of nitrogens with one attached hydrogen (secondary N) is 1. The molecule has 0 saturated carbocycles. The van der Waals surface area contributed by atoms with Gasteiger partial charge in [-0.3, -0.25) is 24.5 Å². The van der Waals surface area contributed by atoms with Gasteiger partial charge in [0.05, 0.1) is 0 Å². The SMILES string of the molecule is CCCCN[C@H]1O[C@H](COC(C)=O)[C@@H](OC(C)=O)[C@H](OC(C)=O)[C@H]1OC(C)=O. The van der Waals surface area contributed by atoms with E-state index in [1.54, 1.807) is 0 Å². The van der Waals surface area contributed by atoms with Crippen molar-refractivity contribution in [2.45, 2.75) is 78.1 Å². The van der Waals surface area contributed by atoms with E-state index >= 15 is 0 Å². The first-order valence-electron chi connectivity index (χ1n) is 9.19. The van der Waals surface area contributed by atoms with E-state index < -0.39 is 54.5 Å². The molecular weight excluding hydrogens is 374 g/mol. The lowest BCUT2D eigenvalue weighted by atomic mass is 9.97. The molecule has 0 amide bonds. The number of carbonyl (C=O) groups excluding carboxylic acids is 4. The number of hydrogen-bond acceptors (Lipinski definition) is 10. The fraction of sp³-hybridized carbons (Fsp3) is 0.778. The third-order valence-corrected chi connectivity index (χ3v) is 3.87. The molecule has 160 valence electrons. The molecule has 1 fully saturated rings. The Balaban J connectivity index is 3.21. The van der Waals surface area contributed by atoms with Crippen molar-refractivity contribution in [1.29, 1.82) is 0 Å². The van der Waals surface area contributed by atoms with Gasteiger partial charge in [-0.05, 0) is 13.0 Å². The van der Waals surface area contributed by atoms with Crippen LogP contribution in [0.25, 0.3) is 0 Å². The topological polar surface area (TPSA) is 126 Å². The van der Waals surface area contributed by atoms with Gasteiger partial charge in [0.2, 0.25) is 0 Å². The fourth-order valence-electron chi connectivity index (χ4n) is 2.81. The van der Waals surface area contributed by atoms with Crippen molar-refractivity contribution in [2.24, 2.45) is 0 Å². The Kier molecular flexibility index (Phi) is 9.88. The van der Waals surface area contributed by atoms with E-state index in [0.29, 0.717) is 6.54 Å². The second kappa shape index (κ2) is 11.6. The zero-order valence-electron chi connectivity index (χ0n) is 16.9. The number of hydrogen-bond donors (Lipinski definition) is 1. The van der Waals surface area contributed by atoms with Crippen molar-refractivity contribution in [1.82, 2.24) is 5.32 Å². The van der Waals surface area contributed by atoms with Gasteiger partial charge >= 0.3 is 23.9 Å².